The van der Waals surface area contributed by atoms with Gasteiger partial charge >= 0.3 is 0 Å². The Morgan fingerprint density at radius 1 is 1.27 bits per heavy atom. The molecule has 1 atom stereocenters. The molecule has 5 nitrogen and oxygen atoms in total. The second kappa shape index (κ2) is 10.1. The van der Waals surface area contributed by atoms with Crippen LogP contribution in [0.1, 0.15) is 35.7 Å². The summed E-state index contributed by atoms with van der Waals surface area (Å²) < 4.78 is 13.3. The first-order chi connectivity index (χ1) is 9.95. The van der Waals surface area contributed by atoms with Crippen LogP contribution in [0.4, 0.5) is 4.39 Å². The third-order valence-electron chi connectivity index (χ3n) is 3.08. The van der Waals surface area contributed by atoms with Gasteiger partial charge in [-0.3, -0.25) is 9.59 Å². The fourth-order valence-corrected chi connectivity index (χ4v) is 1.77. The van der Waals surface area contributed by atoms with E-state index >= 15 is 0 Å². The van der Waals surface area contributed by atoms with Crippen molar-refractivity contribution < 1.29 is 14.0 Å². The molecule has 0 aromatic heterocycles. The standard InChI is InChI=1S/C15H22FN3O2.ClH/c1-3-4-13(17)15(21)19-8-7-18-14(20)11-6-5-10(2)12(16)9-11;/h5-6,9,13H,3-4,7-8,17H2,1-2H3,(H,18,20)(H,19,21);1H. The molecule has 0 saturated heterocycles. The van der Waals surface area contributed by atoms with Gasteiger partial charge in [0.1, 0.15) is 5.82 Å². The molecule has 124 valence electrons. The van der Waals surface area contributed by atoms with Crippen molar-refractivity contribution in [2.75, 3.05) is 13.1 Å². The summed E-state index contributed by atoms with van der Waals surface area (Å²) >= 11 is 0. The largest absolute Gasteiger partial charge is 0.353 e. The Labute approximate surface area is 136 Å². The van der Waals surface area contributed by atoms with Gasteiger partial charge in [0.05, 0.1) is 6.04 Å². The molecule has 0 fully saturated rings. The zero-order chi connectivity index (χ0) is 15.8. The Balaban J connectivity index is 0.00000441. The predicted octanol–water partition coefficient (Wildman–Crippen LogP) is 1.53. The highest BCUT2D eigenvalue weighted by Crippen LogP contribution is 2.08. The summed E-state index contributed by atoms with van der Waals surface area (Å²) in [7, 11) is 0. The van der Waals surface area contributed by atoms with Gasteiger partial charge in [-0.2, -0.15) is 0 Å². The fourth-order valence-electron chi connectivity index (χ4n) is 1.77. The highest BCUT2D eigenvalue weighted by Gasteiger charge is 2.11. The number of nitrogens with two attached hydrogens (primary N) is 1. The average Bonchev–Trinajstić information content (AvgIpc) is 2.46. The Morgan fingerprint density at radius 3 is 2.50 bits per heavy atom. The van der Waals surface area contributed by atoms with Gasteiger partial charge in [-0.15, -0.1) is 12.4 Å². The van der Waals surface area contributed by atoms with Gasteiger partial charge in [-0.05, 0) is 31.0 Å². The second-order valence-corrected chi connectivity index (χ2v) is 4.91. The van der Waals surface area contributed by atoms with Crippen LogP contribution in [0.15, 0.2) is 18.2 Å². The summed E-state index contributed by atoms with van der Waals surface area (Å²) in [6, 6.07) is 3.79. The first kappa shape index (κ1) is 20.3. The smallest absolute Gasteiger partial charge is 0.251 e. The number of aryl methyl sites for hydroxylation is 1. The number of amides is 2. The molecule has 0 heterocycles. The quantitative estimate of drug-likeness (QED) is 0.662. The third kappa shape index (κ3) is 6.41. The molecule has 0 spiro atoms. The fraction of sp³-hybridized carbons (Fsp3) is 0.467. The first-order valence-electron chi connectivity index (χ1n) is 7.03. The number of benzene rings is 1. The van der Waals surface area contributed by atoms with Crippen LogP contribution in [0, 0.1) is 12.7 Å². The Morgan fingerprint density at radius 2 is 1.91 bits per heavy atom. The zero-order valence-corrected chi connectivity index (χ0v) is 13.6. The van der Waals surface area contributed by atoms with Crippen molar-refractivity contribution in [1.82, 2.24) is 10.6 Å². The number of hydrogen-bond acceptors (Lipinski definition) is 3. The van der Waals surface area contributed by atoms with Crippen molar-refractivity contribution in [3.8, 4) is 0 Å². The molecule has 1 aromatic rings. The Kier molecular flexibility index (Phi) is 9.37. The van der Waals surface area contributed by atoms with E-state index in [0.29, 0.717) is 12.0 Å². The van der Waals surface area contributed by atoms with E-state index in [1.807, 2.05) is 6.92 Å². The van der Waals surface area contributed by atoms with E-state index in [4.69, 9.17) is 5.73 Å². The van der Waals surface area contributed by atoms with E-state index in [-0.39, 0.29) is 42.9 Å². The first-order valence-corrected chi connectivity index (χ1v) is 7.03. The monoisotopic (exact) mass is 331 g/mol. The van der Waals surface area contributed by atoms with E-state index in [1.165, 1.54) is 6.07 Å². The van der Waals surface area contributed by atoms with E-state index in [0.717, 1.165) is 6.42 Å². The molecule has 0 aliphatic rings. The van der Waals surface area contributed by atoms with Gasteiger partial charge in [-0.1, -0.05) is 19.4 Å². The van der Waals surface area contributed by atoms with Crippen LogP contribution in [0.25, 0.3) is 0 Å². The van der Waals surface area contributed by atoms with Gasteiger partial charge in [0.2, 0.25) is 5.91 Å². The van der Waals surface area contributed by atoms with E-state index in [2.05, 4.69) is 10.6 Å². The minimum atomic E-state index is -0.517. The molecule has 0 bridgehead atoms. The minimum Gasteiger partial charge on any atom is -0.353 e. The molecular weight excluding hydrogens is 309 g/mol. The molecule has 7 heteroatoms. The van der Waals surface area contributed by atoms with Crippen molar-refractivity contribution in [3.05, 3.63) is 35.1 Å². The molecule has 22 heavy (non-hydrogen) atoms. The summed E-state index contributed by atoms with van der Waals surface area (Å²) in [5.74, 6) is -1.02. The number of halogens is 2. The second-order valence-electron chi connectivity index (χ2n) is 4.91. The molecule has 1 unspecified atom stereocenters. The molecule has 0 saturated carbocycles. The normalized spacial score (nSPS) is 11.3. The number of rotatable bonds is 7. The molecule has 0 aliphatic carbocycles. The highest BCUT2D eigenvalue weighted by molar-refractivity contribution is 5.94. The van der Waals surface area contributed by atoms with Crippen LogP contribution in [0.3, 0.4) is 0 Å². The van der Waals surface area contributed by atoms with Crippen LogP contribution in [0.5, 0.6) is 0 Å². The maximum Gasteiger partial charge on any atom is 0.251 e. The minimum absolute atomic E-state index is 0. The lowest BCUT2D eigenvalue weighted by atomic mass is 10.1. The molecular formula is C15H23ClFN3O2. The number of carbonyl (C=O) groups is 2. The summed E-state index contributed by atoms with van der Waals surface area (Å²) in [6.07, 6.45) is 1.46. The molecule has 1 aromatic carbocycles. The number of hydrogen-bond donors (Lipinski definition) is 3. The summed E-state index contributed by atoms with van der Waals surface area (Å²) in [6.45, 7) is 4.13. The number of carbonyl (C=O) groups excluding carboxylic acids is 2. The summed E-state index contributed by atoms with van der Waals surface area (Å²) in [5, 5.41) is 5.25. The van der Waals surface area contributed by atoms with Crippen molar-refractivity contribution >= 4 is 24.2 Å². The van der Waals surface area contributed by atoms with Gasteiger partial charge in [-0.25, -0.2) is 4.39 Å². The van der Waals surface area contributed by atoms with Crippen molar-refractivity contribution in [2.24, 2.45) is 5.73 Å². The maximum atomic E-state index is 13.3. The van der Waals surface area contributed by atoms with Crippen LogP contribution < -0.4 is 16.4 Å². The maximum absolute atomic E-state index is 13.3. The SMILES string of the molecule is CCCC(N)C(=O)NCCNC(=O)c1ccc(C)c(F)c1.Cl. The Bertz CT molecular complexity index is 512. The van der Waals surface area contributed by atoms with Crippen LogP contribution in [-0.2, 0) is 4.79 Å². The average molecular weight is 332 g/mol. The molecule has 4 N–H and O–H groups in total. The van der Waals surface area contributed by atoms with Gasteiger partial charge in [0.25, 0.3) is 5.91 Å². The third-order valence-corrected chi connectivity index (χ3v) is 3.08. The molecule has 0 radical (unpaired) electrons. The lowest BCUT2D eigenvalue weighted by Gasteiger charge is -2.11. The Hall–Kier alpha value is -1.66. The van der Waals surface area contributed by atoms with E-state index < -0.39 is 11.9 Å². The van der Waals surface area contributed by atoms with E-state index in [1.54, 1.807) is 19.1 Å². The summed E-state index contributed by atoms with van der Waals surface area (Å²) in [5.41, 5.74) is 6.40. The van der Waals surface area contributed by atoms with Crippen LogP contribution in [-0.4, -0.2) is 30.9 Å². The van der Waals surface area contributed by atoms with Crippen molar-refractivity contribution in [3.63, 3.8) is 0 Å². The molecule has 2 amide bonds. The topological polar surface area (TPSA) is 84.2 Å². The van der Waals surface area contributed by atoms with Crippen molar-refractivity contribution in [2.45, 2.75) is 32.7 Å². The summed E-state index contributed by atoms with van der Waals surface area (Å²) in [4.78, 5) is 23.3. The highest BCUT2D eigenvalue weighted by atomic mass is 35.5. The van der Waals surface area contributed by atoms with Crippen molar-refractivity contribution in [1.29, 1.82) is 0 Å². The molecule has 0 aliphatic heterocycles. The zero-order valence-electron chi connectivity index (χ0n) is 12.8. The number of nitrogens with one attached hydrogen (secondary N) is 2. The van der Waals surface area contributed by atoms with Gasteiger partial charge in [0, 0.05) is 18.7 Å². The lowest BCUT2D eigenvalue weighted by molar-refractivity contribution is -0.122. The van der Waals surface area contributed by atoms with E-state index in [9.17, 15) is 14.0 Å². The van der Waals surface area contributed by atoms with Gasteiger partial charge < -0.3 is 16.4 Å². The predicted molar refractivity (Wildman–Crippen MR) is 86.6 cm³/mol. The van der Waals surface area contributed by atoms with Crippen LogP contribution in [0.2, 0.25) is 0 Å². The van der Waals surface area contributed by atoms with Gasteiger partial charge in [0.15, 0.2) is 0 Å². The van der Waals surface area contributed by atoms with Crippen LogP contribution >= 0.6 is 12.4 Å². The molecule has 1 rings (SSSR count). The lowest BCUT2D eigenvalue weighted by Crippen LogP contribution is -2.43.